The average molecular weight is 748 g/mol. The minimum Gasteiger partial charge on any atom is -0.461 e. The molecular formula is C47H73NO6. The SMILES string of the molecule is CC(=O)O[C@@H]1C[C@@]23COC[C@](C)([C@@H]2CC[C@H]2C3=CC[C@@]3(C)[C@H](C(=O)OCc4ccccc4)[C@@](C)([C@H](C)C(C)C)CC[C@]23C)[C@H]1OC(C)C(C(C)C)N(C)C. The normalized spacial score (nSPS) is 40.5. The number of fused-ring (bicyclic) bond motifs is 3. The first-order valence-corrected chi connectivity index (χ1v) is 21.2. The summed E-state index contributed by atoms with van der Waals surface area (Å²) in [5, 5.41) is 0. The molecule has 1 heterocycles. The molecule has 7 heteroatoms. The second kappa shape index (κ2) is 14.9. The van der Waals surface area contributed by atoms with Gasteiger partial charge in [-0.1, -0.05) is 104 Å². The van der Waals surface area contributed by atoms with Crippen LogP contribution in [0.2, 0.25) is 0 Å². The number of carbonyl (C=O) groups excluding carboxylic acids is 2. The molecule has 4 aliphatic carbocycles. The Bertz CT molecular complexity index is 1550. The molecule has 1 aliphatic heterocycles. The molecule has 4 fully saturated rings. The molecule has 0 aromatic heterocycles. The van der Waals surface area contributed by atoms with Gasteiger partial charge >= 0.3 is 11.9 Å². The largest absolute Gasteiger partial charge is 0.461 e. The van der Waals surface area contributed by atoms with Crippen LogP contribution in [0.1, 0.15) is 120 Å². The van der Waals surface area contributed by atoms with E-state index in [-0.39, 0.29) is 69.3 Å². The van der Waals surface area contributed by atoms with Gasteiger partial charge in [-0.05, 0) is 111 Å². The summed E-state index contributed by atoms with van der Waals surface area (Å²) in [6.45, 7) is 26.4. The van der Waals surface area contributed by atoms with Gasteiger partial charge in [-0.25, -0.2) is 0 Å². The third-order valence-electron chi connectivity index (χ3n) is 16.7. The molecule has 1 aromatic rings. The molecule has 0 amide bonds. The van der Waals surface area contributed by atoms with Gasteiger partial charge < -0.3 is 23.8 Å². The van der Waals surface area contributed by atoms with Crippen LogP contribution in [0.4, 0.5) is 0 Å². The first kappa shape index (κ1) is 41.4. The first-order chi connectivity index (χ1) is 25.3. The van der Waals surface area contributed by atoms with E-state index in [9.17, 15) is 9.59 Å². The lowest BCUT2D eigenvalue weighted by atomic mass is 9.34. The van der Waals surface area contributed by atoms with E-state index in [1.54, 1.807) is 6.92 Å². The Kier molecular flexibility index (Phi) is 11.5. The van der Waals surface area contributed by atoms with Gasteiger partial charge in [0.05, 0.1) is 25.2 Å². The summed E-state index contributed by atoms with van der Waals surface area (Å²) in [4.78, 5) is 29.9. The predicted molar refractivity (Wildman–Crippen MR) is 214 cm³/mol. The molecule has 7 nitrogen and oxygen atoms in total. The number of hydrogen-bond acceptors (Lipinski definition) is 7. The quantitative estimate of drug-likeness (QED) is 0.165. The molecule has 5 aliphatic rings. The Hall–Kier alpha value is -2.22. The highest BCUT2D eigenvalue weighted by Crippen LogP contribution is 2.75. The van der Waals surface area contributed by atoms with Crippen LogP contribution in [0.5, 0.6) is 0 Å². The number of nitrogens with zero attached hydrogens (tertiary/aromatic N) is 1. The molecule has 2 bridgehead atoms. The van der Waals surface area contributed by atoms with Crippen molar-refractivity contribution in [2.24, 2.45) is 62.6 Å². The number of benzene rings is 1. The van der Waals surface area contributed by atoms with Gasteiger partial charge in [-0.15, -0.1) is 0 Å². The van der Waals surface area contributed by atoms with Crippen molar-refractivity contribution in [1.82, 2.24) is 4.90 Å². The number of carbonyl (C=O) groups is 2. The lowest BCUT2D eigenvalue weighted by Gasteiger charge is -2.71. The molecule has 54 heavy (non-hydrogen) atoms. The topological polar surface area (TPSA) is 74.3 Å². The third kappa shape index (κ3) is 6.52. The molecule has 13 atom stereocenters. The van der Waals surface area contributed by atoms with Crippen molar-refractivity contribution in [2.45, 2.75) is 146 Å². The zero-order valence-electron chi connectivity index (χ0n) is 36.0. The Morgan fingerprint density at radius 1 is 0.907 bits per heavy atom. The van der Waals surface area contributed by atoms with E-state index >= 15 is 0 Å². The van der Waals surface area contributed by atoms with Crippen LogP contribution in [-0.2, 0) is 35.1 Å². The van der Waals surface area contributed by atoms with E-state index in [4.69, 9.17) is 18.9 Å². The number of ether oxygens (including phenoxy) is 4. The average Bonchev–Trinajstić information content (AvgIpc) is 3.09. The monoisotopic (exact) mass is 748 g/mol. The van der Waals surface area contributed by atoms with Gasteiger partial charge in [0, 0.05) is 23.8 Å². The molecule has 1 aromatic carbocycles. The lowest BCUT2D eigenvalue weighted by Crippen LogP contribution is -2.70. The van der Waals surface area contributed by atoms with Crippen LogP contribution < -0.4 is 0 Å². The van der Waals surface area contributed by atoms with E-state index < -0.39 is 0 Å². The summed E-state index contributed by atoms with van der Waals surface area (Å²) < 4.78 is 26.6. The van der Waals surface area contributed by atoms with E-state index in [2.05, 4.69) is 94.3 Å². The van der Waals surface area contributed by atoms with Gasteiger partial charge in [0.1, 0.15) is 18.8 Å². The van der Waals surface area contributed by atoms with E-state index in [0.29, 0.717) is 55.8 Å². The van der Waals surface area contributed by atoms with Crippen molar-refractivity contribution < 1.29 is 28.5 Å². The van der Waals surface area contributed by atoms with Crippen LogP contribution in [0.15, 0.2) is 42.0 Å². The zero-order chi connectivity index (χ0) is 39.6. The Labute approximate surface area is 327 Å². The third-order valence-corrected chi connectivity index (χ3v) is 16.7. The van der Waals surface area contributed by atoms with Crippen molar-refractivity contribution in [3.8, 4) is 0 Å². The fourth-order valence-corrected chi connectivity index (χ4v) is 13.8. The summed E-state index contributed by atoms with van der Waals surface area (Å²) in [5.74, 6) is 1.31. The van der Waals surface area contributed by atoms with Crippen LogP contribution in [0.25, 0.3) is 0 Å². The molecule has 6 rings (SSSR count). The fourth-order valence-electron chi connectivity index (χ4n) is 13.8. The maximum Gasteiger partial charge on any atom is 0.310 e. The van der Waals surface area contributed by atoms with Gasteiger partial charge in [-0.2, -0.15) is 0 Å². The molecule has 2 unspecified atom stereocenters. The second-order valence-corrected chi connectivity index (χ2v) is 20.4. The summed E-state index contributed by atoms with van der Waals surface area (Å²) >= 11 is 0. The van der Waals surface area contributed by atoms with E-state index in [1.807, 2.05) is 30.3 Å². The van der Waals surface area contributed by atoms with Gasteiger partial charge in [0.15, 0.2) is 0 Å². The highest BCUT2D eigenvalue weighted by Gasteiger charge is 2.72. The highest BCUT2D eigenvalue weighted by molar-refractivity contribution is 5.75. The summed E-state index contributed by atoms with van der Waals surface area (Å²) in [5.41, 5.74) is 1.33. The maximum atomic E-state index is 14.8. The summed E-state index contributed by atoms with van der Waals surface area (Å²) in [6.07, 6.45) is 7.59. The fraction of sp³-hybridized carbons (Fsp3) is 0.787. The standard InChI is InChI=1S/C47H73NO6/c1-29(2)31(5)43(8)23-24-45(10)35-19-20-38-44(9)27-51-28-47(38,25-37(54-33(7)49)41(44)53-32(6)39(30(3)4)48(12)13)36(35)21-22-46(45,11)40(43)42(50)52-26-34-17-15-14-16-18-34/h14-18,21,29-32,35,37-41H,19-20,22-28H2,1-13H3/t31-,32?,35+,37-,38+,39?,40-,41+,43-,44-,45-,46+,47+/m1/s1. The second-order valence-electron chi connectivity index (χ2n) is 20.4. The highest BCUT2D eigenvalue weighted by atomic mass is 16.6. The molecule has 0 N–H and O–H groups in total. The minimum absolute atomic E-state index is 0.0429. The number of hydrogen-bond donors (Lipinski definition) is 0. The maximum absolute atomic E-state index is 14.8. The lowest BCUT2D eigenvalue weighted by molar-refractivity contribution is -0.277. The number of rotatable bonds is 11. The van der Waals surface area contributed by atoms with Crippen LogP contribution in [0.3, 0.4) is 0 Å². The zero-order valence-corrected chi connectivity index (χ0v) is 36.0. The summed E-state index contributed by atoms with van der Waals surface area (Å²) in [6, 6.07) is 10.3. The number of likely N-dealkylation sites (N-methyl/N-ethyl adjacent to an activating group) is 1. The van der Waals surface area contributed by atoms with Gasteiger partial charge in [0.25, 0.3) is 0 Å². The van der Waals surface area contributed by atoms with Crippen molar-refractivity contribution in [1.29, 1.82) is 0 Å². The van der Waals surface area contributed by atoms with Crippen LogP contribution in [-0.4, -0.2) is 68.5 Å². The van der Waals surface area contributed by atoms with Crippen molar-refractivity contribution in [3.05, 3.63) is 47.5 Å². The Morgan fingerprint density at radius 3 is 2.20 bits per heavy atom. The van der Waals surface area contributed by atoms with Crippen molar-refractivity contribution in [2.75, 3.05) is 27.3 Å². The molecular weight excluding hydrogens is 675 g/mol. The molecule has 0 radical (unpaired) electrons. The van der Waals surface area contributed by atoms with Crippen LogP contribution in [0, 0.1) is 62.6 Å². The first-order valence-electron chi connectivity index (χ1n) is 21.2. The Balaban J connectivity index is 1.40. The van der Waals surface area contributed by atoms with Gasteiger partial charge in [0.2, 0.25) is 0 Å². The van der Waals surface area contributed by atoms with E-state index in [0.717, 1.165) is 37.7 Å². The molecule has 0 spiro atoms. The van der Waals surface area contributed by atoms with Gasteiger partial charge in [-0.3, -0.25) is 9.59 Å². The number of allylic oxidation sites excluding steroid dienone is 1. The van der Waals surface area contributed by atoms with Crippen LogP contribution >= 0.6 is 0 Å². The molecule has 302 valence electrons. The van der Waals surface area contributed by atoms with Crippen molar-refractivity contribution in [3.63, 3.8) is 0 Å². The number of esters is 2. The smallest absolute Gasteiger partial charge is 0.310 e. The molecule has 1 saturated heterocycles. The summed E-state index contributed by atoms with van der Waals surface area (Å²) in [7, 11) is 4.25. The predicted octanol–water partition coefficient (Wildman–Crippen LogP) is 9.53. The molecule has 3 saturated carbocycles. The van der Waals surface area contributed by atoms with Crippen molar-refractivity contribution >= 4 is 11.9 Å². The minimum atomic E-state index is -0.368. The van der Waals surface area contributed by atoms with E-state index in [1.165, 1.54) is 5.57 Å². The Morgan fingerprint density at radius 2 is 1.59 bits per heavy atom.